The van der Waals surface area contributed by atoms with Crippen molar-refractivity contribution in [2.24, 2.45) is 0 Å². The van der Waals surface area contributed by atoms with E-state index in [-0.39, 0.29) is 5.69 Å². The molecule has 4 aromatic rings. The number of H-pyrrole nitrogens is 1. The van der Waals surface area contributed by atoms with Gasteiger partial charge in [-0.15, -0.1) is 0 Å². The molecule has 1 N–H and O–H groups in total. The zero-order chi connectivity index (χ0) is 17.2. The van der Waals surface area contributed by atoms with Gasteiger partial charge >= 0.3 is 5.97 Å². The van der Waals surface area contributed by atoms with E-state index in [1.54, 1.807) is 37.8 Å². The van der Waals surface area contributed by atoms with Crippen LogP contribution in [0.4, 0.5) is 0 Å². The van der Waals surface area contributed by atoms with E-state index in [1.807, 2.05) is 18.2 Å². The van der Waals surface area contributed by atoms with Crippen molar-refractivity contribution < 1.29 is 14.3 Å². The first-order chi connectivity index (χ1) is 12.3. The Labute approximate surface area is 142 Å². The smallest absolute Gasteiger partial charge is 0.356 e. The van der Waals surface area contributed by atoms with Crippen molar-refractivity contribution in [2.75, 3.05) is 6.61 Å². The Morgan fingerprint density at radius 1 is 1.16 bits per heavy atom. The first-order valence-corrected chi connectivity index (χ1v) is 7.77. The summed E-state index contributed by atoms with van der Waals surface area (Å²) in [6.07, 6.45) is 6.30. The number of rotatable bonds is 4. The van der Waals surface area contributed by atoms with Gasteiger partial charge in [-0.05, 0) is 25.1 Å². The number of esters is 1. The summed E-state index contributed by atoms with van der Waals surface area (Å²) in [5, 5.41) is 1.67. The molecule has 0 saturated carbocycles. The molecule has 7 heteroatoms. The fourth-order valence-electron chi connectivity index (χ4n) is 2.67. The van der Waals surface area contributed by atoms with Crippen LogP contribution < -0.4 is 4.74 Å². The molecule has 3 heterocycles. The number of ether oxygens (including phenoxy) is 2. The average Bonchev–Trinajstić information content (AvgIpc) is 3.01. The van der Waals surface area contributed by atoms with Crippen LogP contribution in [-0.4, -0.2) is 32.5 Å². The highest BCUT2D eigenvalue weighted by molar-refractivity contribution is 6.11. The van der Waals surface area contributed by atoms with E-state index in [4.69, 9.17) is 9.47 Å². The zero-order valence-electron chi connectivity index (χ0n) is 13.4. The Bertz CT molecular complexity index is 1060. The lowest BCUT2D eigenvalue weighted by molar-refractivity contribution is 0.0519. The topological polar surface area (TPSA) is 90.0 Å². The number of benzene rings is 1. The molecule has 0 atom stereocenters. The van der Waals surface area contributed by atoms with Gasteiger partial charge in [-0.25, -0.2) is 14.8 Å². The molecule has 3 aromatic heterocycles. The van der Waals surface area contributed by atoms with Crippen LogP contribution in [0.2, 0.25) is 0 Å². The van der Waals surface area contributed by atoms with Gasteiger partial charge in [0.15, 0.2) is 0 Å². The molecule has 124 valence electrons. The number of hydrogen-bond donors (Lipinski definition) is 1. The highest BCUT2D eigenvalue weighted by atomic mass is 16.5. The summed E-state index contributed by atoms with van der Waals surface area (Å²) < 4.78 is 10.9. The molecule has 0 spiro atoms. The molecule has 0 radical (unpaired) electrons. The van der Waals surface area contributed by atoms with E-state index in [1.165, 1.54) is 0 Å². The van der Waals surface area contributed by atoms with Gasteiger partial charge in [0.2, 0.25) is 5.88 Å². The summed E-state index contributed by atoms with van der Waals surface area (Å²) in [6, 6.07) is 7.36. The minimum absolute atomic E-state index is 0.254. The van der Waals surface area contributed by atoms with E-state index in [2.05, 4.69) is 19.9 Å². The van der Waals surface area contributed by atoms with Crippen molar-refractivity contribution in [3.63, 3.8) is 0 Å². The number of aromatic amines is 1. The Kier molecular flexibility index (Phi) is 3.74. The van der Waals surface area contributed by atoms with Gasteiger partial charge in [0.05, 0.1) is 35.4 Å². The molecule has 0 saturated heterocycles. The van der Waals surface area contributed by atoms with Gasteiger partial charge in [0, 0.05) is 17.8 Å². The van der Waals surface area contributed by atoms with Gasteiger partial charge in [-0.1, -0.05) is 6.07 Å². The SMILES string of the molecule is CCOC(=O)c1cc2c(cn1)[nH]c1cccc(Oc3cnccn3)c12. The minimum Gasteiger partial charge on any atom is -0.461 e. The van der Waals surface area contributed by atoms with Gasteiger partial charge in [0.1, 0.15) is 11.4 Å². The van der Waals surface area contributed by atoms with Crippen LogP contribution in [-0.2, 0) is 4.74 Å². The maximum absolute atomic E-state index is 12.0. The number of carbonyl (C=O) groups is 1. The Balaban J connectivity index is 1.87. The second kappa shape index (κ2) is 6.20. The maximum Gasteiger partial charge on any atom is 0.356 e. The monoisotopic (exact) mass is 334 g/mol. The summed E-state index contributed by atoms with van der Waals surface area (Å²) in [6.45, 7) is 2.06. The third-order valence-electron chi connectivity index (χ3n) is 3.71. The van der Waals surface area contributed by atoms with Gasteiger partial charge < -0.3 is 14.5 Å². The van der Waals surface area contributed by atoms with Gasteiger partial charge in [0.25, 0.3) is 0 Å². The lowest BCUT2D eigenvalue weighted by Gasteiger charge is -2.06. The fraction of sp³-hybridized carbons (Fsp3) is 0.111. The fourth-order valence-corrected chi connectivity index (χ4v) is 2.67. The third kappa shape index (κ3) is 2.76. The molecule has 1 aromatic carbocycles. The molecular weight excluding hydrogens is 320 g/mol. The van der Waals surface area contributed by atoms with Crippen molar-refractivity contribution >= 4 is 27.8 Å². The van der Waals surface area contributed by atoms with Crippen molar-refractivity contribution in [3.05, 3.63) is 54.7 Å². The molecule has 0 aliphatic rings. The number of fused-ring (bicyclic) bond motifs is 3. The van der Waals surface area contributed by atoms with Crippen molar-refractivity contribution in [2.45, 2.75) is 6.92 Å². The molecule has 0 fully saturated rings. The average molecular weight is 334 g/mol. The number of nitrogens with one attached hydrogen (secondary N) is 1. The van der Waals surface area contributed by atoms with Crippen LogP contribution >= 0.6 is 0 Å². The third-order valence-corrected chi connectivity index (χ3v) is 3.71. The number of nitrogens with zero attached hydrogens (tertiary/aromatic N) is 3. The number of aromatic nitrogens is 4. The molecule has 4 rings (SSSR count). The molecule has 0 aliphatic carbocycles. The summed E-state index contributed by atoms with van der Waals surface area (Å²) in [4.78, 5) is 27.6. The van der Waals surface area contributed by atoms with Crippen LogP contribution in [0.5, 0.6) is 11.6 Å². The molecular formula is C18H14N4O3. The predicted octanol–water partition coefficient (Wildman–Crippen LogP) is 3.48. The quantitative estimate of drug-likeness (QED) is 0.575. The highest BCUT2D eigenvalue weighted by Crippen LogP contribution is 2.35. The van der Waals surface area contributed by atoms with Crippen molar-refractivity contribution in [3.8, 4) is 11.6 Å². The van der Waals surface area contributed by atoms with Crippen LogP contribution in [0, 0.1) is 0 Å². The number of carbonyl (C=O) groups excluding carboxylic acids is 1. The summed E-state index contributed by atoms with van der Waals surface area (Å²) >= 11 is 0. The van der Waals surface area contributed by atoms with Crippen LogP contribution in [0.3, 0.4) is 0 Å². The standard InChI is InChI=1S/C18H14N4O3/c1-2-24-18(23)13-8-11-14(9-21-13)22-12-4-3-5-15(17(11)12)25-16-10-19-6-7-20-16/h3-10,22H,2H2,1H3. The Hall–Kier alpha value is -3.48. The van der Waals surface area contributed by atoms with Crippen LogP contribution in [0.15, 0.2) is 49.1 Å². The second-order valence-electron chi connectivity index (χ2n) is 5.29. The van der Waals surface area contributed by atoms with Crippen molar-refractivity contribution in [1.82, 2.24) is 19.9 Å². The zero-order valence-corrected chi connectivity index (χ0v) is 13.4. The van der Waals surface area contributed by atoms with Crippen LogP contribution in [0.25, 0.3) is 21.8 Å². The predicted molar refractivity (Wildman–Crippen MR) is 91.7 cm³/mol. The molecule has 7 nitrogen and oxygen atoms in total. The molecule has 0 aliphatic heterocycles. The lowest BCUT2D eigenvalue weighted by Crippen LogP contribution is -2.06. The first-order valence-electron chi connectivity index (χ1n) is 7.77. The van der Waals surface area contributed by atoms with E-state index >= 15 is 0 Å². The summed E-state index contributed by atoms with van der Waals surface area (Å²) in [5.41, 5.74) is 1.93. The van der Waals surface area contributed by atoms with E-state index in [0.717, 1.165) is 21.8 Å². The second-order valence-corrected chi connectivity index (χ2v) is 5.29. The van der Waals surface area contributed by atoms with Gasteiger partial charge in [-0.3, -0.25) is 4.98 Å². The minimum atomic E-state index is -0.453. The van der Waals surface area contributed by atoms with E-state index in [0.29, 0.717) is 18.2 Å². The summed E-state index contributed by atoms with van der Waals surface area (Å²) in [7, 11) is 0. The van der Waals surface area contributed by atoms with Crippen LogP contribution in [0.1, 0.15) is 17.4 Å². The summed E-state index contributed by atoms with van der Waals surface area (Å²) in [5.74, 6) is 0.556. The normalized spacial score (nSPS) is 10.9. The first kappa shape index (κ1) is 15.1. The molecule has 0 amide bonds. The Morgan fingerprint density at radius 2 is 2.08 bits per heavy atom. The van der Waals surface area contributed by atoms with Crippen molar-refractivity contribution in [1.29, 1.82) is 0 Å². The van der Waals surface area contributed by atoms with Gasteiger partial charge in [-0.2, -0.15) is 0 Å². The number of pyridine rings is 1. The maximum atomic E-state index is 12.0. The number of hydrogen-bond acceptors (Lipinski definition) is 6. The largest absolute Gasteiger partial charge is 0.461 e. The molecule has 25 heavy (non-hydrogen) atoms. The molecule has 0 unspecified atom stereocenters. The highest BCUT2D eigenvalue weighted by Gasteiger charge is 2.15. The van der Waals surface area contributed by atoms with E-state index in [9.17, 15) is 4.79 Å². The lowest BCUT2D eigenvalue weighted by atomic mass is 10.1. The molecule has 0 bridgehead atoms. The Morgan fingerprint density at radius 3 is 2.88 bits per heavy atom. The van der Waals surface area contributed by atoms with E-state index < -0.39 is 5.97 Å².